The lowest BCUT2D eigenvalue weighted by molar-refractivity contribution is -0.140. The van der Waals surface area contributed by atoms with Gasteiger partial charge in [-0.25, -0.2) is 4.79 Å². The molecule has 1 fully saturated rings. The van der Waals surface area contributed by atoms with Crippen molar-refractivity contribution in [3.63, 3.8) is 0 Å². The molecule has 86 valence electrons. The number of rotatable bonds is 5. The highest BCUT2D eigenvalue weighted by molar-refractivity contribution is 5.87. The van der Waals surface area contributed by atoms with Crippen LogP contribution in [-0.2, 0) is 9.53 Å². The second-order valence-corrected chi connectivity index (χ2v) is 4.41. The molecule has 1 aliphatic rings. The van der Waals surface area contributed by atoms with E-state index in [4.69, 9.17) is 4.74 Å². The molecule has 0 aromatic rings. The molecule has 2 atom stereocenters. The van der Waals surface area contributed by atoms with E-state index in [2.05, 4.69) is 13.5 Å². The normalized spacial score (nSPS) is 25.2. The van der Waals surface area contributed by atoms with Gasteiger partial charge in [-0.05, 0) is 24.7 Å². The molecule has 2 unspecified atom stereocenters. The minimum absolute atomic E-state index is 0.209. The number of carbonyl (C=O) groups excluding carboxylic acids is 1. The van der Waals surface area contributed by atoms with Crippen molar-refractivity contribution in [2.24, 2.45) is 11.8 Å². The molecule has 0 N–H and O–H groups in total. The summed E-state index contributed by atoms with van der Waals surface area (Å²) in [6.45, 7) is 8.42. The van der Waals surface area contributed by atoms with E-state index in [0.29, 0.717) is 24.5 Å². The van der Waals surface area contributed by atoms with Crippen molar-refractivity contribution in [1.29, 1.82) is 0 Å². The fourth-order valence-corrected chi connectivity index (χ4v) is 2.30. The second kappa shape index (κ2) is 5.94. The van der Waals surface area contributed by atoms with E-state index in [1.165, 1.54) is 25.7 Å². The molecule has 1 saturated carbocycles. The third kappa shape index (κ3) is 3.37. The zero-order valence-electron chi connectivity index (χ0n) is 9.92. The molecule has 0 aliphatic heterocycles. The van der Waals surface area contributed by atoms with Gasteiger partial charge in [0.25, 0.3) is 0 Å². The van der Waals surface area contributed by atoms with Crippen LogP contribution in [0.2, 0.25) is 0 Å². The monoisotopic (exact) mass is 210 g/mol. The third-order valence-corrected chi connectivity index (χ3v) is 3.48. The van der Waals surface area contributed by atoms with Crippen LogP contribution in [-0.4, -0.2) is 12.6 Å². The van der Waals surface area contributed by atoms with Gasteiger partial charge in [-0.1, -0.05) is 39.7 Å². The van der Waals surface area contributed by atoms with Crippen LogP contribution in [0, 0.1) is 11.8 Å². The van der Waals surface area contributed by atoms with Gasteiger partial charge in [0.05, 0.1) is 6.61 Å². The smallest absolute Gasteiger partial charge is 0.333 e. The minimum Gasteiger partial charge on any atom is -0.462 e. The first kappa shape index (κ1) is 12.3. The predicted octanol–water partition coefficient (Wildman–Crippen LogP) is 3.32. The van der Waals surface area contributed by atoms with E-state index in [1.807, 2.05) is 6.92 Å². The molecule has 1 aliphatic carbocycles. The molecule has 0 saturated heterocycles. The van der Waals surface area contributed by atoms with Gasteiger partial charge in [-0.15, -0.1) is 0 Å². The Morgan fingerprint density at radius 2 is 2.00 bits per heavy atom. The van der Waals surface area contributed by atoms with Crippen molar-refractivity contribution in [2.75, 3.05) is 6.61 Å². The molecule has 0 radical (unpaired) electrons. The van der Waals surface area contributed by atoms with Crippen LogP contribution in [0.4, 0.5) is 0 Å². The van der Waals surface area contributed by atoms with Crippen molar-refractivity contribution in [3.05, 3.63) is 12.2 Å². The first-order chi connectivity index (χ1) is 7.19. The molecule has 0 amide bonds. The van der Waals surface area contributed by atoms with E-state index < -0.39 is 0 Å². The Labute approximate surface area is 92.7 Å². The highest BCUT2D eigenvalue weighted by atomic mass is 16.5. The van der Waals surface area contributed by atoms with Gasteiger partial charge in [0.1, 0.15) is 0 Å². The number of ether oxygens (including phenoxy) is 1. The van der Waals surface area contributed by atoms with Crippen molar-refractivity contribution >= 4 is 5.97 Å². The SMILES string of the molecule is C=C(CC)C(=O)OCC1CCCC1CC. The lowest BCUT2D eigenvalue weighted by Gasteiger charge is -2.17. The van der Waals surface area contributed by atoms with Gasteiger partial charge in [0.2, 0.25) is 0 Å². The Hall–Kier alpha value is -0.790. The van der Waals surface area contributed by atoms with Crippen LogP contribution in [0.15, 0.2) is 12.2 Å². The second-order valence-electron chi connectivity index (χ2n) is 4.41. The molecule has 15 heavy (non-hydrogen) atoms. The van der Waals surface area contributed by atoms with Crippen LogP contribution in [0.25, 0.3) is 0 Å². The number of esters is 1. The summed E-state index contributed by atoms with van der Waals surface area (Å²) < 4.78 is 5.27. The summed E-state index contributed by atoms with van der Waals surface area (Å²) in [5.74, 6) is 1.13. The minimum atomic E-state index is -0.209. The predicted molar refractivity (Wildman–Crippen MR) is 61.5 cm³/mol. The van der Waals surface area contributed by atoms with Gasteiger partial charge in [0, 0.05) is 5.57 Å². The van der Waals surface area contributed by atoms with E-state index in [1.54, 1.807) is 0 Å². The fraction of sp³-hybridized carbons (Fsp3) is 0.769. The summed E-state index contributed by atoms with van der Waals surface area (Å²) >= 11 is 0. The Bertz CT molecular complexity index is 233. The zero-order chi connectivity index (χ0) is 11.3. The van der Waals surface area contributed by atoms with Gasteiger partial charge in [0.15, 0.2) is 0 Å². The summed E-state index contributed by atoms with van der Waals surface area (Å²) in [5, 5.41) is 0. The van der Waals surface area contributed by atoms with Crippen molar-refractivity contribution in [3.8, 4) is 0 Å². The number of hydrogen-bond acceptors (Lipinski definition) is 2. The quantitative estimate of drug-likeness (QED) is 0.514. The van der Waals surface area contributed by atoms with E-state index in [-0.39, 0.29) is 5.97 Å². The van der Waals surface area contributed by atoms with E-state index >= 15 is 0 Å². The van der Waals surface area contributed by atoms with Gasteiger partial charge >= 0.3 is 5.97 Å². The lowest BCUT2D eigenvalue weighted by atomic mass is 9.94. The molecular weight excluding hydrogens is 188 g/mol. The number of carbonyl (C=O) groups is 1. The fourth-order valence-electron chi connectivity index (χ4n) is 2.30. The molecule has 0 bridgehead atoms. The summed E-state index contributed by atoms with van der Waals surface area (Å²) in [4.78, 5) is 11.4. The third-order valence-electron chi connectivity index (χ3n) is 3.48. The standard InChI is InChI=1S/C13H22O2/c1-4-10(3)13(14)15-9-12-8-6-7-11(12)5-2/h11-12H,3-9H2,1-2H3. The van der Waals surface area contributed by atoms with Crippen LogP contribution in [0.5, 0.6) is 0 Å². The molecule has 1 rings (SSSR count). The molecule has 0 aromatic carbocycles. The summed E-state index contributed by atoms with van der Waals surface area (Å²) in [5.41, 5.74) is 0.584. The maximum Gasteiger partial charge on any atom is 0.333 e. The highest BCUT2D eigenvalue weighted by Gasteiger charge is 2.26. The van der Waals surface area contributed by atoms with Crippen molar-refractivity contribution < 1.29 is 9.53 Å². The summed E-state index contributed by atoms with van der Waals surface area (Å²) in [6.07, 6.45) is 5.69. The molecule has 0 spiro atoms. The lowest BCUT2D eigenvalue weighted by Crippen LogP contribution is -2.18. The molecule has 2 heteroatoms. The van der Waals surface area contributed by atoms with Crippen molar-refractivity contribution in [1.82, 2.24) is 0 Å². The van der Waals surface area contributed by atoms with E-state index in [9.17, 15) is 4.79 Å². The summed E-state index contributed by atoms with van der Waals surface area (Å²) in [7, 11) is 0. The van der Waals surface area contributed by atoms with Crippen LogP contribution >= 0.6 is 0 Å². The molecule has 0 aromatic heterocycles. The largest absolute Gasteiger partial charge is 0.462 e. The van der Waals surface area contributed by atoms with Crippen molar-refractivity contribution in [2.45, 2.75) is 46.0 Å². The average molecular weight is 210 g/mol. The van der Waals surface area contributed by atoms with Gasteiger partial charge < -0.3 is 4.74 Å². The Morgan fingerprint density at radius 3 is 2.60 bits per heavy atom. The Balaban J connectivity index is 2.30. The van der Waals surface area contributed by atoms with E-state index in [0.717, 1.165) is 5.92 Å². The zero-order valence-corrected chi connectivity index (χ0v) is 9.92. The highest BCUT2D eigenvalue weighted by Crippen LogP contribution is 2.34. The average Bonchev–Trinajstić information content (AvgIpc) is 2.71. The first-order valence-electron chi connectivity index (χ1n) is 6.03. The van der Waals surface area contributed by atoms with Gasteiger partial charge in [-0.3, -0.25) is 0 Å². The number of hydrogen-bond donors (Lipinski definition) is 0. The van der Waals surface area contributed by atoms with Crippen LogP contribution < -0.4 is 0 Å². The topological polar surface area (TPSA) is 26.3 Å². The van der Waals surface area contributed by atoms with Crippen LogP contribution in [0.3, 0.4) is 0 Å². The summed E-state index contributed by atoms with van der Waals surface area (Å²) in [6, 6.07) is 0. The van der Waals surface area contributed by atoms with Gasteiger partial charge in [-0.2, -0.15) is 0 Å². The Morgan fingerprint density at radius 1 is 1.33 bits per heavy atom. The first-order valence-corrected chi connectivity index (χ1v) is 6.03. The molecule has 0 heterocycles. The van der Waals surface area contributed by atoms with Crippen LogP contribution in [0.1, 0.15) is 46.0 Å². The Kier molecular flexibility index (Phi) is 4.86. The maximum atomic E-state index is 11.4. The molecule has 2 nitrogen and oxygen atoms in total. The molecular formula is C13H22O2. The maximum absolute atomic E-state index is 11.4.